The van der Waals surface area contributed by atoms with Gasteiger partial charge in [-0.25, -0.2) is 0 Å². The normalized spacial score (nSPS) is 12.4. The van der Waals surface area contributed by atoms with Gasteiger partial charge < -0.3 is 15.4 Å². The van der Waals surface area contributed by atoms with E-state index in [1.165, 1.54) is 0 Å². The quantitative estimate of drug-likeness (QED) is 0.510. The summed E-state index contributed by atoms with van der Waals surface area (Å²) in [6.07, 6.45) is 0. The van der Waals surface area contributed by atoms with Crippen LogP contribution in [0.1, 0.15) is 6.92 Å². The first-order chi connectivity index (χ1) is 7.20. The summed E-state index contributed by atoms with van der Waals surface area (Å²) in [6, 6.07) is 0. The maximum atomic E-state index is 11.2. The molecule has 0 rings (SSSR count). The molecule has 0 aliphatic heterocycles. The van der Waals surface area contributed by atoms with Gasteiger partial charge >= 0.3 is 0 Å². The van der Waals surface area contributed by atoms with Crippen molar-refractivity contribution in [2.24, 2.45) is 0 Å². The zero-order valence-electron chi connectivity index (χ0n) is 9.38. The first kappa shape index (κ1) is 14.5. The maximum Gasteiger partial charge on any atom is 0.233 e. The number of methoxy groups -OCH3 is 1. The summed E-state index contributed by atoms with van der Waals surface area (Å²) < 4.78 is 15.8. The van der Waals surface area contributed by atoms with Crippen molar-refractivity contribution in [3.8, 4) is 0 Å². The molecule has 0 saturated carbocycles. The van der Waals surface area contributed by atoms with E-state index in [4.69, 9.17) is 4.74 Å². The highest BCUT2D eigenvalue weighted by molar-refractivity contribution is 7.84. The lowest BCUT2D eigenvalue weighted by molar-refractivity contribution is -0.120. The topological polar surface area (TPSA) is 67.4 Å². The van der Waals surface area contributed by atoms with E-state index in [1.807, 2.05) is 6.92 Å². The van der Waals surface area contributed by atoms with Gasteiger partial charge in [0.1, 0.15) is 0 Å². The molecule has 0 bridgehead atoms. The van der Waals surface area contributed by atoms with Crippen LogP contribution >= 0.6 is 0 Å². The summed E-state index contributed by atoms with van der Waals surface area (Å²) >= 11 is 0. The molecule has 1 atom stereocenters. The van der Waals surface area contributed by atoms with Gasteiger partial charge in [0.05, 0.1) is 13.2 Å². The highest BCUT2D eigenvalue weighted by atomic mass is 32.2. The van der Waals surface area contributed by atoms with Gasteiger partial charge in [-0.2, -0.15) is 0 Å². The van der Waals surface area contributed by atoms with Crippen LogP contribution in [-0.4, -0.2) is 55.0 Å². The minimum absolute atomic E-state index is 0.0702. The zero-order valence-corrected chi connectivity index (χ0v) is 10.2. The average Bonchev–Trinajstić information content (AvgIpc) is 2.24. The Bertz CT molecular complexity index is 200. The van der Waals surface area contributed by atoms with Crippen molar-refractivity contribution in [3.05, 3.63) is 0 Å². The summed E-state index contributed by atoms with van der Waals surface area (Å²) in [7, 11) is 0.806. The average molecular weight is 236 g/mol. The fourth-order valence-corrected chi connectivity index (χ4v) is 1.51. The van der Waals surface area contributed by atoms with Crippen LogP contribution in [0.3, 0.4) is 0 Å². The van der Waals surface area contributed by atoms with Gasteiger partial charge in [0.25, 0.3) is 0 Å². The fourth-order valence-electron chi connectivity index (χ4n) is 0.887. The zero-order chi connectivity index (χ0) is 11.5. The van der Waals surface area contributed by atoms with Crippen molar-refractivity contribution in [3.63, 3.8) is 0 Å². The molecule has 1 unspecified atom stereocenters. The van der Waals surface area contributed by atoms with Crippen LogP contribution in [0.15, 0.2) is 0 Å². The molecule has 0 aliphatic carbocycles. The summed E-state index contributed by atoms with van der Waals surface area (Å²) in [5.74, 6) is 1.10. The molecule has 0 aromatic rings. The van der Waals surface area contributed by atoms with Crippen LogP contribution in [-0.2, 0) is 20.3 Å². The van der Waals surface area contributed by atoms with Crippen molar-refractivity contribution >= 4 is 16.7 Å². The summed E-state index contributed by atoms with van der Waals surface area (Å²) in [5.41, 5.74) is 0. The van der Waals surface area contributed by atoms with Crippen molar-refractivity contribution in [1.29, 1.82) is 0 Å². The lowest BCUT2D eigenvalue weighted by atomic mass is 10.5. The molecule has 5 nitrogen and oxygen atoms in total. The largest absolute Gasteiger partial charge is 0.383 e. The molecule has 0 spiro atoms. The molecular weight excluding hydrogens is 216 g/mol. The van der Waals surface area contributed by atoms with E-state index < -0.39 is 10.8 Å². The second-order valence-electron chi connectivity index (χ2n) is 2.95. The van der Waals surface area contributed by atoms with Crippen molar-refractivity contribution in [1.82, 2.24) is 10.6 Å². The van der Waals surface area contributed by atoms with Gasteiger partial charge in [-0.3, -0.25) is 9.00 Å². The molecule has 0 aromatic heterocycles. The molecule has 15 heavy (non-hydrogen) atoms. The minimum atomic E-state index is -0.807. The van der Waals surface area contributed by atoms with E-state index in [-0.39, 0.29) is 12.5 Å². The first-order valence-electron chi connectivity index (χ1n) is 5.02. The van der Waals surface area contributed by atoms with Gasteiger partial charge in [-0.15, -0.1) is 0 Å². The Morgan fingerprint density at radius 3 is 2.73 bits per heavy atom. The molecule has 0 aromatic carbocycles. The van der Waals surface area contributed by atoms with Gasteiger partial charge in [-0.05, 0) is 0 Å². The van der Waals surface area contributed by atoms with E-state index in [0.717, 1.165) is 0 Å². The van der Waals surface area contributed by atoms with E-state index in [2.05, 4.69) is 10.6 Å². The third-order valence-electron chi connectivity index (χ3n) is 1.74. The van der Waals surface area contributed by atoms with Gasteiger partial charge in [0.2, 0.25) is 5.91 Å². The standard InChI is InChI=1S/C9H20N2O3S/c1-3-15(13)7-5-11-9(12)8-10-4-6-14-2/h10H,3-8H2,1-2H3,(H,11,12). The molecule has 90 valence electrons. The molecule has 6 heteroatoms. The smallest absolute Gasteiger partial charge is 0.233 e. The molecular formula is C9H20N2O3S. The highest BCUT2D eigenvalue weighted by Gasteiger charge is 2.00. The van der Waals surface area contributed by atoms with Gasteiger partial charge in [0, 0.05) is 42.5 Å². The highest BCUT2D eigenvalue weighted by Crippen LogP contribution is 1.78. The maximum absolute atomic E-state index is 11.2. The monoisotopic (exact) mass is 236 g/mol. The SMILES string of the molecule is CCS(=O)CCNC(=O)CNCCOC. The van der Waals surface area contributed by atoms with E-state index in [1.54, 1.807) is 7.11 Å². The predicted octanol–water partition coefficient (Wildman–Crippen LogP) is -0.893. The summed E-state index contributed by atoms with van der Waals surface area (Å²) in [6.45, 7) is 3.87. The van der Waals surface area contributed by atoms with Crippen LogP contribution in [0, 0.1) is 0 Å². The van der Waals surface area contributed by atoms with Crippen LogP contribution in [0.5, 0.6) is 0 Å². The number of rotatable bonds is 9. The Morgan fingerprint density at radius 1 is 1.40 bits per heavy atom. The van der Waals surface area contributed by atoms with Crippen molar-refractivity contribution < 1.29 is 13.7 Å². The van der Waals surface area contributed by atoms with E-state index >= 15 is 0 Å². The molecule has 0 saturated heterocycles. The van der Waals surface area contributed by atoms with Crippen molar-refractivity contribution in [2.45, 2.75) is 6.92 Å². The van der Waals surface area contributed by atoms with E-state index in [9.17, 15) is 9.00 Å². The Morgan fingerprint density at radius 2 is 2.13 bits per heavy atom. The van der Waals surface area contributed by atoms with E-state index in [0.29, 0.717) is 31.2 Å². The molecule has 1 amide bonds. The Kier molecular flexibility index (Phi) is 9.76. The van der Waals surface area contributed by atoms with Crippen LogP contribution in [0.25, 0.3) is 0 Å². The van der Waals surface area contributed by atoms with Gasteiger partial charge in [-0.1, -0.05) is 6.92 Å². The molecule has 2 N–H and O–H groups in total. The number of hydrogen-bond donors (Lipinski definition) is 2. The number of nitrogens with one attached hydrogen (secondary N) is 2. The second-order valence-corrected chi connectivity index (χ2v) is 4.82. The third-order valence-corrected chi connectivity index (χ3v) is 3.05. The third kappa shape index (κ3) is 9.84. The second kappa shape index (κ2) is 10.1. The predicted molar refractivity (Wildman–Crippen MR) is 61.3 cm³/mol. The number of ether oxygens (including phenoxy) is 1. The lowest BCUT2D eigenvalue weighted by Crippen LogP contribution is -2.37. The first-order valence-corrected chi connectivity index (χ1v) is 6.50. The lowest BCUT2D eigenvalue weighted by Gasteiger charge is -2.05. The molecule has 0 radical (unpaired) electrons. The Labute approximate surface area is 93.4 Å². The number of amides is 1. The van der Waals surface area contributed by atoms with Crippen LogP contribution in [0.4, 0.5) is 0 Å². The molecule has 0 heterocycles. The fraction of sp³-hybridized carbons (Fsp3) is 0.889. The number of carbonyl (C=O) groups is 1. The summed E-state index contributed by atoms with van der Waals surface area (Å²) in [5, 5.41) is 5.61. The number of hydrogen-bond acceptors (Lipinski definition) is 4. The van der Waals surface area contributed by atoms with Crippen LogP contribution in [0.2, 0.25) is 0 Å². The summed E-state index contributed by atoms with van der Waals surface area (Å²) in [4.78, 5) is 11.2. The molecule has 0 aliphatic rings. The molecule has 0 fully saturated rings. The number of carbonyl (C=O) groups excluding carboxylic acids is 1. The van der Waals surface area contributed by atoms with Crippen molar-refractivity contribution in [2.75, 3.05) is 44.9 Å². The Balaban J connectivity index is 3.29. The van der Waals surface area contributed by atoms with Gasteiger partial charge in [0.15, 0.2) is 0 Å². The minimum Gasteiger partial charge on any atom is -0.383 e. The Hall–Kier alpha value is -0.460. The van der Waals surface area contributed by atoms with Crippen LogP contribution < -0.4 is 10.6 Å².